The van der Waals surface area contributed by atoms with Gasteiger partial charge in [-0.25, -0.2) is 14.9 Å². The van der Waals surface area contributed by atoms with Crippen LogP contribution in [0.15, 0.2) is 66.3 Å². The molecule has 0 saturated heterocycles. The second-order valence-electron chi connectivity index (χ2n) is 6.41. The molecule has 0 radical (unpaired) electrons. The number of benzene rings is 2. The fourth-order valence-electron chi connectivity index (χ4n) is 1.80. The molecule has 2 nitrogen and oxygen atoms in total. The maximum absolute atomic E-state index is 12.0. The molecule has 0 amide bonds. The standard InChI is InChI=1S/C9H13.2C6H5FO.Zr/c1-9(2,3)8-6-4-5-7-8;2*7-5-1-3-6(8)4-2-5;/h6-7H,4H2,1-3H3;2*1-4,8H;/q-1;;;. The Labute approximate surface area is 173 Å². The van der Waals surface area contributed by atoms with Gasteiger partial charge in [0.25, 0.3) is 0 Å². The molecule has 5 heteroatoms. The molecule has 2 aromatic rings. The molecule has 1 aliphatic carbocycles. The average molecular weight is 437 g/mol. The van der Waals surface area contributed by atoms with E-state index in [2.05, 4.69) is 39.0 Å². The largest absolute Gasteiger partial charge is 0.508 e. The maximum Gasteiger partial charge on any atom is 0.123 e. The van der Waals surface area contributed by atoms with Gasteiger partial charge in [0.15, 0.2) is 0 Å². The van der Waals surface area contributed by atoms with E-state index in [0.717, 1.165) is 6.42 Å². The Balaban J connectivity index is 0.000000355. The van der Waals surface area contributed by atoms with Crippen molar-refractivity contribution in [1.82, 2.24) is 0 Å². The van der Waals surface area contributed by atoms with Gasteiger partial charge in [0.05, 0.1) is 0 Å². The van der Waals surface area contributed by atoms with Gasteiger partial charge < -0.3 is 10.2 Å². The molecule has 26 heavy (non-hydrogen) atoms. The van der Waals surface area contributed by atoms with Crippen LogP contribution >= 0.6 is 0 Å². The first-order valence-corrected chi connectivity index (χ1v) is 7.85. The first kappa shape index (κ1) is 24.3. The van der Waals surface area contributed by atoms with Crippen molar-refractivity contribution in [3.05, 3.63) is 84.0 Å². The third-order valence-electron chi connectivity index (χ3n) is 3.22. The van der Waals surface area contributed by atoms with E-state index in [1.165, 1.54) is 54.1 Å². The zero-order chi connectivity index (χ0) is 18.9. The minimum absolute atomic E-state index is 0. The SMILES string of the molecule is CC(C)(C)C1=CC[C-]=C1.Oc1ccc(F)cc1.Oc1ccc(F)cc1.[Zr]. The quantitative estimate of drug-likeness (QED) is 0.514. The molecule has 0 heterocycles. The molecule has 0 bridgehead atoms. The summed E-state index contributed by atoms with van der Waals surface area (Å²) in [5.74, 6) is -0.483. The van der Waals surface area contributed by atoms with Crippen LogP contribution in [0.1, 0.15) is 27.2 Å². The molecule has 0 unspecified atom stereocenters. The van der Waals surface area contributed by atoms with E-state index in [9.17, 15) is 8.78 Å². The van der Waals surface area contributed by atoms with Crippen LogP contribution in [-0.4, -0.2) is 10.2 Å². The van der Waals surface area contributed by atoms with Crippen molar-refractivity contribution >= 4 is 0 Å². The molecule has 0 aliphatic heterocycles. The second-order valence-corrected chi connectivity index (χ2v) is 6.41. The Kier molecular flexibility index (Phi) is 11.0. The molecular weight excluding hydrogens is 413 g/mol. The number of hydrogen-bond donors (Lipinski definition) is 2. The van der Waals surface area contributed by atoms with Gasteiger partial charge in [0, 0.05) is 26.2 Å². The summed E-state index contributed by atoms with van der Waals surface area (Å²) in [5, 5.41) is 17.2. The van der Waals surface area contributed by atoms with Crippen LogP contribution in [-0.2, 0) is 26.2 Å². The number of rotatable bonds is 0. The van der Waals surface area contributed by atoms with E-state index in [1.807, 2.05) is 0 Å². The number of hydrogen-bond acceptors (Lipinski definition) is 2. The minimum Gasteiger partial charge on any atom is -0.508 e. The summed E-state index contributed by atoms with van der Waals surface area (Å²) in [4.78, 5) is 0. The van der Waals surface area contributed by atoms with E-state index in [1.54, 1.807) is 0 Å². The summed E-state index contributed by atoms with van der Waals surface area (Å²) in [6, 6.07) is 10.0. The normalized spacial score (nSPS) is 12.0. The van der Waals surface area contributed by atoms with E-state index in [0.29, 0.717) is 5.41 Å². The van der Waals surface area contributed by atoms with Crippen LogP contribution in [0.5, 0.6) is 11.5 Å². The molecule has 138 valence electrons. The Bertz CT molecular complexity index is 615. The van der Waals surface area contributed by atoms with Gasteiger partial charge in [-0.2, -0.15) is 11.6 Å². The maximum atomic E-state index is 12.0. The number of halogens is 2. The molecule has 0 aromatic heterocycles. The molecule has 0 atom stereocenters. The van der Waals surface area contributed by atoms with Crippen molar-refractivity contribution < 1.29 is 45.2 Å². The zero-order valence-electron chi connectivity index (χ0n) is 15.1. The fourth-order valence-corrected chi connectivity index (χ4v) is 1.80. The molecule has 2 aromatic carbocycles. The number of aromatic hydroxyl groups is 2. The smallest absolute Gasteiger partial charge is 0.123 e. The van der Waals surface area contributed by atoms with Crippen molar-refractivity contribution in [1.29, 1.82) is 0 Å². The van der Waals surface area contributed by atoms with Gasteiger partial charge in [0.2, 0.25) is 0 Å². The summed E-state index contributed by atoms with van der Waals surface area (Å²) in [6.07, 6.45) is 8.50. The van der Waals surface area contributed by atoms with Crippen LogP contribution in [0.2, 0.25) is 0 Å². The van der Waals surface area contributed by atoms with Gasteiger partial charge in [-0.3, -0.25) is 6.08 Å². The molecule has 0 spiro atoms. The van der Waals surface area contributed by atoms with E-state index in [-0.39, 0.29) is 49.3 Å². The Morgan fingerprint density at radius 3 is 1.38 bits per heavy atom. The number of allylic oxidation sites excluding steroid dienone is 4. The molecule has 0 saturated carbocycles. The molecule has 0 fully saturated rings. The van der Waals surface area contributed by atoms with Crippen LogP contribution in [0.25, 0.3) is 0 Å². The summed E-state index contributed by atoms with van der Waals surface area (Å²) in [7, 11) is 0. The van der Waals surface area contributed by atoms with Crippen LogP contribution in [0.3, 0.4) is 0 Å². The fraction of sp³-hybridized carbons (Fsp3) is 0.238. The summed E-state index contributed by atoms with van der Waals surface area (Å²) in [5.41, 5.74) is 1.74. The Morgan fingerprint density at radius 1 is 0.808 bits per heavy atom. The Morgan fingerprint density at radius 2 is 1.19 bits per heavy atom. The summed E-state index contributed by atoms with van der Waals surface area (Å²) in [6.45, 7) is 6.67. The van der Waals surface area contributed by atoms with Gasteiger partial charge in [-0.1, -0.05) is 26.2 Å². The van der Waals surface area contributed by atoms with Crippen LogP contribution in [0.4, 0.5) is 8.78 Å². The van der Waals surface area contributed by atoms with Gasteiger partial charge in [-0.15, -0.1) is 6.42 Å². The molecular formula is C21H23F2O2Zr-. The van der Waals surface area contributed by atoms with Gasteiger partial charge >= 0.3 is 0 Å². The van der Waals surface area contributed by atoms with Crippen LogP contribution < -0.4 is 0 Å². The topological polar surface area (TPSA) is 40.5 Å². The van der Waals surface area contributed by atoms with E-state index in [4.69, 9.17) is 10.2 Å². The van der Waals surface area contributed by atoms with Crippen molar-refractivity contribution in [2.75, 3.05) is 0 Å². The Hall–Kier alpha value is -1.74. The monoisotopic (exact) mass is 435 g/mol. The third kappa shape index (κ3) is 10.3. The van der Waals surface area contributed by atoms with E-state index >= 15 is 0 Å². The third-order valence-corrected chi connectivity index (χ3v) is 3.22. The minimum atomic E-state index is -0.331. The molecule has 2 N–H and O–H groups in total. The predicted molar refractivity (Wildman–Crippen MR) is 96.1 cm³/mol. The van der Waals surface area contributed by atoms with Crippen molar-refractivity contribution in [2.45, 2.75) is 27.2 Å². The zero-order valence-corrected chi connectivity index (χ0v) is 17.6. The van der Waals surface area contributed by atoms with Gasteiger partial charge in [0.1, 0.15) is 23.1 Å². The van der Waals surface area contributed by atoms with Gasteiger partial charge in [-0.05, 0) is 48.5 Å². The summed E-state index contributed by atoms with van der Waals surface area (Å²) < 4.78 is 24.0. The van der Waals surface area contributed by atoms with Crippen LogP contribution in [0, 0.1) is 23.1 Å². The first-order valence-electron chi connectivity index (χ1n) is 7.85. The average Bonchev–Trinajstić information content (AvgIpc) is 3.09. The first-order chi connectivity index (χ1) is 11.7. The van der Waals surface area contributed by atoms with Crippen molar-refractivity contribution in [2.24, 2.45) is 5.41 Å². The van der Waals surface area contributed by atoms with Crippen molar-refractivity contribution in [3.63, 3.8) is 0 Å². The molecule has 1 aliphatic rings. The van der Waals surface area contributed by atoms with Crippen molar-refractivity contribution in [3.8, 4) is 11.5 Å². The molecule has 3 rings (SSSR count). The number of phenolic OH excluding ortho intramolecular Hbond substituents is 2. The van der Waals surface area contributed by atoms with E-state index < -0.39 is 0 Å². The summed E-state index contributed by atoms with van der Waals surface area (Å²) >= 11 is 0. The predicted octanol–water partition coefficient (Wildman–Crippen LogP) is 5.78. The second kappa shape index (κ2) is 11.8. The number of phenols is 2.